The van der Waals surface area contributed by atoms with Gasteiger partial charge >= 0.3 is 5.97 Å². The Bertz CT molecular complexity index is 451. The fourth-order valence-corrected chi connectivity index (χ4v) is 2.52. The highest BCUT2D eigenvalue weighted by molar-refractivity contribution is 5.89. The minimum absolute atomic E-state index is 0.198. The molecule has 0 bridgehead atoms. The average Bonchev–Trinajstić information content (AvgIpc) is 2.57. The summed E-state index contributed by atoms with van der Waals surface area (Å²) in [4.78, 5) is 13.3. The van der Waals surface area contributed by atoms with Crippen molar-refractivity contribution in [1.82, 2.24) is 4.90 Å². The smallest absolute Gasteiger partial charge is 0.336 e. The number of aromatic carboxylic acids is 1. The molecule has 1 aliphatic heterocycles. The van der Waals surface area contributed by atoms with Crippen LogP contribution in [0.5, 0.6) is 0 Å². The van der Waals surface area contributed by atoms with Crippen LogP contribution in [0.3, 0.4) is 0 Å². The summed E-state index contributed by atoms with van der Waals surface area (Å²) in [5, 5.41) is 9.09. The van der Waals surface area contributed by atoms with Gasteiger partial charge in [-0.05, 0) is 35.6 Å². The zero-order chi connectivity index (χ0) is 13.3. The van der Waals surface area contributed by atoms with Crippen molar-refractivity contribution in [3.05, 3.63) is 35.1 Å². The van der Waals surface area contributed by atoms with Crippen molar-refractivity contribution in [2.24, 2.45) is 11.8 Å². The summed E-state index contributed by atoms with van der Waals surface area (Å²) < 4.78 is 13.2. The Balaban J connectivity index is 2.18. The Labute approximate surface area is 106 Å². The number of halogens is 1. The summed E-state index contributed by atoms with van der Waals surface area (Å²) in [7, 11) is 0. The third-order valence-electron chi connectivity index (χ3n) is 3.76. The van der Waals surface area contributed by atoms with E-state index in [2.05, 4.69) is 18.7 Å². The van der Waals surface area contributed by atoms with E-state index in [0.29, 0.717) is 23.9 Å². The van der Waals surface area contributed by atoms with Crippen molar-refractivity contribution in [3.8, 4) is 0 Å². The molecule has 2 atom stereocenters. The lowest BCUT2D eigenvalue weighted by Crippen LogP contribution is -2.21. The fraction of sp³-hybridized carbons (Fsp3) is 0.500. The van der Waals surface area contributed by atoms with E-state index in [0.717, 1.165) is 13.1 Å². The van der Waals surface area contributed by atoms with Gasteiger partial charge in [0.1, 0.15) is 5.82 Å². The van der Waals surface area contributed by atoms with Gasteiger partial charge in [0.2, 0.25) is 0 Å². The number of nitrogens with zero attached hydrogens (tertiary/aromatic N) is 1. The van der Waals surface area contributed by atoms with Crippen LogP contribution in [0.4, 0.5) is 4.39 Å². The number of carboxylic acid groups (broad SMARTS) is 1. The van der Waals surface area contributed by atoms with E-state index in [9.17, 15) is 9.18 Å². The maximum Gasteiger partial charge on any atom is 0.336 e. The number of hydrogen-bond donors (Lipinski definition) is 1. The van der Waals surface area contributed by atoms with Crippen LogP contribution in [-0.4, -0.2) is 29.1 Å². The van der Waals surface area contributed by atoms with Gasteiger partial charge in [0.15, 0.2) is 0 Å². The maximum atomic E-state index is 13.2. The number of likely N-dealkylation sites (tertiary alicyclic amines) is 1. The highest BCUT2D eigenvalue weighted by atomic mass is 19.1. The fourth-order valence-electron chi connectivity index (χ4n) is 2.52. The predicted molar refractivity (Wildman–Crippen MR) is 67.0 cm³/mol. The number of rotatable bonds is 3. The molecule has 0 aromatic heterocycles. The molecule has 1 fully saturated rings. The van der Waals surface area contributed by atoms with E-state index in [1.54, 1.807) is 0 Å². The normalized spacial score (nSPS) is 24.4. The van der Waals surface area contributed by atoms with Crippen molar-refractivity contribution in [2.75, 3.05) is 13.1 Å². The van der Waals surface area contributed by atoms with E-state index in [4.69, 9.17) is 5.11 Å². The molecule has 1 heterocycles. The summed E-state index contributed by atoms with van der Waals surface area (Å²) in [5.41, 5.74) is 0.757. The van der Waals surface area contributed by atoms with Crippen LogP contribution in [0, 0.1) is 17.7 Å². The first-order valence-electron chi connectivity index (χ1n) is 6.21. The molecule has 4 heteroatoms. The van der Waals surface area contributed by atoms with Gasteiger partial charge in [-0.3, -0.25) is 4.90 Å². The zero-order valence-electron chi connectivity index (χ0n) is 10.7. The molecule has 98 valence electrons. The lowest BCUT2D eigenvalue weighted by molar-refractivity contribution is 0.0694. The van der Waals surface area contributed by atoms with Gasteiger partial charge in [0.05, 0.1) is 5.56 Å². The Morgan fingerprint density at radius 3 is 2.56 bits per heavy atom. The average molecular weight is 251 g/mol. The van der Waals surface area contributed by atoms with E-state index in [-0.39, 0.29) is 11.4 Å². The minimum Gasteiger partial charge on any atom is -0.478 e. The van der Waals surface area contributed by atoms with Gasteiger partial charge < -0.3 is 5.11 Å². The summed E-state index contributed by atoms with van der Waals surface area (Å²) in [6, 6.07) is 3.87. The van der Waals surface area contributed by atoms with Crippen LogP contribution in [-0.2, 0) is 6.54 Å². The quantitative estimate of drug-likeness (QED) is 0.897. The Kier molecular flexibility index (Phi) is 3.66. The van der Waals surface area contributed by atoms with Crippen molar-refractivity contribution in [1.29, 1.82) is 0 Å². The van der Waals surface area contributed by atoms with Gasteiger partial charge in [-0.1, -0.05) is 13.8 Å². The monoisotopic (exact) mass is 251 g/mol. The van der Waals surface area contributed by atoms with E-state index in [1.807, 2.05) is 0 Å². The number of benzene rings is 1. The highest BCUT2D eigenvalue weighted by Crippen LogP contribution is 2.24. The molecule has 2 rings (SSSR count). The molecule has 1 N–H and O–H groups in total. The topological polar surface area (TPSA) is 40.5 Å². The molecule has 1 aromatic rings. The van der Waals surface area contributed by atoms with Gasteiger partial charge in [-0.15, -0.1) is 0 Å². The first-order chi connectivity index (χ1) is 8.47. The third-order valence-corrected chi connectivity index (χ3v) is 3.76. The lowest BCUT2D eigenvalue weighted by Gasteiger charge is -2.17. The molecular formula is C14H18FNO2. The number of hydrogen-bond acceptors (Lipinski definition) is 2. The molecule has 1 aliphatic rings. The minimum atomic E-state index is -0.995. The third kappa shape index (κ3) is 2.70. The maximum absolute atomic E-state index is 13.2. The summed E-state index contributed by atoms with van der Waals surface area (Å²) in [5.74, 6) is -0.167. The molecule has 0 spiro atoms. The first kappa shape index (κ1) is 13.0. The zero-order valence-corrected chi connectivity index (χ0v) is 10.7. The molecule has 1 aromatic carbocycles. The van der Waals surface area contributed by atoms with Crippen LogP contribution in [0.1, 0.15) is 29.8 Å². The van der Waals surface area contributed by atoms with Crippen molar-refractivity contribution in [2.45, 2.75) is 20.4 Å². The van der Waals surface area contributed by atoms with Crippen molar-refractivity contribution < 1.29 is 14.3 Å². The van der Waals surface area contributed by atoms with Gasteiger partial charge in [-0.2, -0.15) is 0 Å². The van der Waals surface area contributed by atoms with Crippen molar-refractivity contribution >= 4 is 5.97 Å². The second kappa shape index (κ2) is 5.06. The van der Waals surface area contributed by atoms with Gasteiger partial charge in [0.25, 0.3) is 0 Å². The Hall–Kier alpha value is -1.42. The summed E-state index contributed by atoms with van der Waals surface area (Å²) in [6.45, 7) is 6.77. The molecular weight excluding hydrogens is 233 g/mol. The SMILES string of the molecule is CC1CN(Cc2cc(F)ccc2C(=O)O)CC1C. The van der Waals surface area contributed by atoms with Crippen LogP contribution in [0.2, 0.25) is 0 Å². The second-order valence-corrected chi connectivity index (χ2v) is 5.26. The molecule has 0 radical (unpaired) electrons. The molecule has 3 nitrogen and oxygen atoms in total. The largest absolute Gasteiger partial charge is 0.478 e. The van der Waals surface area contributed by atoms with E-state index < -0.39 is 5.97 Å². The molecule has 0 saturated carbocycles. The Morgan fingerprint density at radius 2 is 2.00 bits per heavy atom. The molecule has 18 heavy (non-hydrogen) atoms. The molecule has 1 saturated heterocycles. The van der Waals surface area contributed by atoms with Crippen molar-refractivity contribution in [3.63, 3.8) is 0 Å². The second-order valence-electron chi connectivity index (χ2n) is 5.26. The van der Waals surface area contributed by atoms with Crippen LogP contribution in [0.15, 0.2) is 18.2 Å². The molecule has 0 amide bonds. The summed E-state index contributed by atoms with van der Waals surface area (Å²) in [6.07, 6.45) is 0. The predicted octanol–water partition coefficient (Wildman–Crippen LogP) is 2.61. The number of carbonyl (C=O) groups is 1. The van der Waals surface area contributed by atoms with Crippen LogP contribution in [0.25, 0.3) is 0 Å². The van der Waals surface area contributed by atoms with Crippen LogP contribution < -0.4 is 0 Å². The lowest BCUT2D eigenvalue weighted by atomic mass is 10.0. The molecule has 2 unspecified atom stereocenters. The first-order valence-corrected chi connectivity index (χ1v) is 6.21. The Morgan fingerprint density at radius 1 is 1.39 bits per heavy atom. The highest BCUT2D eigenvalue weighted by Gasteiger charge is 2.26. The summed E-state index contributed by atoms with van der Waals surface area (Å²) >= 11 is 0. The molecule has 0 aliphatic carbocycles. The van der Waals surface area contributed by atoms with Crippen LogP contribution >= 0.6 is 0 Å². The number of carboxylic acids is 1. The standard InChI is InChI=1S/C14H18FNO2/c1-9-6-16(7-10(9)2)8-11-5-12(15)3-4-13(11)14(17)18/h3-5,9-10H,6-8H2,1-2H3,(H,17,18). The van der Waals surface area contributed by atoms with Gasteiger partial charge in [0, 0.05) is 19.6 Å². The van der Waals surface area contributed by atoms with E-state index >= 15 is 0 Å². The van der Waals surface area contributed by atoms with Gasteiger partial charge in [-0.25, -0.2) is 9.18 Å². The van der Waals surface area contributed by atoms with E-state index in [1.165, 1.54) is 18.2 Å².